The molecular weight excluding hydrogens is 210 g/mol. The molecule has 16 heavy (non-hydrogen) atoms. The molecule has 1 aliphatic rings. The topological polar surface area (TPSA) is 99.2 Å². The van der Waals surface area contributed by atoms with E-state index < -0.39 is 0 Å². The molecule has 0 saturated heterocycles. The van der Waals surface area contributed by atoms with Crippen molar-refractivity contribution in [3.8, 4) is 0 Å². The monoisotopic (exact) mass is 223 g/mol. The molecule has 0 unspecified atom stereocenters. The van der Waals surface area contributed by atoms with Crippen molar-refractivity contribution in [2.75, 3.05) is 23.9 Å². The molecule has 1 aliphatic heterocycles. The van der Waals surface area contributed by atoms with E-state index in [2.05, 4.69) is 25.9 Å². The van der Waals surface area contributed by atoms with Gasteiger partial charge in [0.25, 0.3) is 5.91 Å². The van der Waals surface area contributed by atoms with Crippen LogP contribution < -0.4 is 16.0 Å². The van der Waals surface area contributed by atoms with E-state index in [9.17, 15) is 4.79 Å². The predicted molar refractivity (Wildman–Crippen MR) is 58.2 cm³/mol. The number of aliphatic hydroxyl groups is 1. The molecule has 86 valence electrons. The van der Waals surface area contributed by atoms with Crippen LogP contribution in [-0.2, 0) is 0 Å². The van der Waals surface area contributed by atoms with Crippen molar-refractivity contribution < 1.29 is 9.90 Å². The van der Waals surface area contributed by atoms with Crippen LogP contribution in [0.2, 0.25) is 0 Å². The van der Waals surface area contributed by atoms with Gasteiger partial charge in [0, 0.05) is 12.2 Å². The Morgan fingerprint density at radius 1 is 1.62 bits per heavy atom. The highest BCUT2D eigenvalue weighted by atomic mass is 16.3. The maximum atomic E-state index is 11.4. The van der Waals surface area contributed by atoms with Crippen molar-refractivity contribution in [1.82, 2.24) is 15.3 Å². The molecule has 0 aliphatic carbocycles. The number of nitrogens with zero attached hydrogens (tertiary/aromatic N) is 2. The number of aliphatic hydroxyl groups excluding tert-OH is 1. The fraction of sp³-hybridized carbons (Fsp3) is 0.444. The van der Waals surface area contributed by atoms with Crippen LogP contribution >= 0.6 is 0 Å². The van der Waals surface area contributed by atoms with Crippen LogP contribution in [-0.4, -0.2) is 40.3 Å². The van der Waals surface area contributed by atoms with Gasteiger partial charge in [0.05, 0.1) is 13.3 Å². The second-order valence-corrected chi connectivity index (χ2v) is 3.54. The minimum atomic E-state index is -0.185. The standard InChI is InChI=1S/C9H13N5O2/c1-5(3-15)13-9-10-2-6-7(14-9)11-4-12-8(6)16/h2,5,15H,3-4H2,1H3,(H,12,16)(H2,10,11,13,14)/t5-/m1/s1. The molecule has 7 heteroatoms. The number of aromatic nitrogens is 2. The summed E-state index contributed by atoms with van der Waals surface area (Å²) in [6.07, 6.45) is 1.45. The molecule has 0 spiro atoms. The summed E-state index contributed by atoms with van der Waals surface area (Å²) in [5, 5.41) is 17.3. The molecule has 0 aromatic carbocycles. The van der Waals surface area contributed by atoms with E-state index >= 15 is 0 Å². The summed E-state index contributed by atoms with van der Waals surface area (Å²) in [4.78, 5) is 19.5. The van der Waals surface area contributed by atoms with Gasteiger partial charge >= 0.3 is 0 Å². The lowest BCUT2D eigenvalue weighted by Crippen LogP contribution is -2.35. The molecule has 1 aromatic heterocycles. The highest BCUT2D eigenvalue weighted by molar-refractivity contribution is 6.00. The van der Waals surface area contributed by atoms with Crippen molar-refractivity contribution in [2.24, 2.45) is 0 Å². The zero-order chi connectivity index (χ0) is 11.5. The van der Waals surface area contributed by atoms with Crippen molar-refractivity contribution in [3.63, 3.8) is 0 Å². The Morgan fingerprint density at radius 2 is 2.44 bits per heavy atom. The molecule has 0 bridgehead atoms. The number of rotatable bonds is 3. The van der Waals surface area contributed by atoms with E-state index in [0.29, 0.717) is 24.0 Å². The Labute approximate surface area is 92.3 Å². The van der Waals surface area contributed by atoms with E-state index in [-0.39, 0.29) is 18.6 Å². The predicted octanol–water partition coefficient (Wildman–Crippen LogP) is -0.618. The van der Waals surface area contributed by atoms with Crippen LogP contribution in [0.1, 0.15) is 17.3 Å². The summed E-state index contributed by atoms with van der Waals surface area (Å²) in [6, 6.07) is -0.129. The van der Waals surface area contributed by atoms with Crippen LogP contribution in [0, 0.1) is 0 Å². The van der Waals surface area contributed by atoms with Gasteiger partial charge in [-0.25, -0.2) is 4.98 Å². The molecular formula is C9H13N5O2. The van der Waals surface area contributed by atoms with Gasteiger partial charge in [-0.05, 0) is 6.92 Å². The first kappa shape index (κ1) is 10.6. The minimum Gasteiger partial charge on any atom is -0.394 e. The van der Waals surface area contributed by atoms with E-state index in [0.717, 1.165) is 0 Å². The number of anilines is 2. The van der Waals surface area contributed by atoms with Crippen molar-refractivity contribution in [2.45, 2.75) is 13.0 Å². The molecule has 1 atom stereocenters. The fourth-order valence-corrected chi connectivity index (χ4v) is 1.32. The maximum Gasteiger partial charge on any atom is 0.257 e. The third-order valence-electron chi connectivity index (χ3n) is 2.19. The smallest absolute Gasteiger partial charge is 0.257 e. The second kappa shape index (κ2) is 4.31. The summed E-state index contributed by atoms with van der Waals surface area (Å²) in [6.45, 7) is 2.16. The Hall–Kier alpha value is -1.89. The quantitative estimate of drug-likeness (QED) is 0.545. The van der Waals surface area contributed by atoms with Crippen molar-refractivity contribution in [3.05, 3.63) is 11.8 Å². The lowest BCUT2D eigenvalue weighted by molar-refractivity contribution is 0.0952. The zero-order valence-corrected chi connectivity index (χ0v) is 8.82. The Kier molecular flexibility index (Phi) is 2.86. The fourth-order valence-electron chi connectivity index (χ4n) is 1.32. The molecule has 1 amide bonds. The average Bonchev–Trinajstić information content (AvgIpc) is 2.29. The summed E-state index contributed by atoms with van der Waals surface area (Å²) >= 11 is 0. The number of fused-ring (bicyclic) bond motifs is 1. The number of hydrogen-bond acceptors (Lipinski definition) is 6. The highest BCUT2D eigenvalue weighted by Gasteiger charge is 2.18. The number of carbonyl (C=O) groups is 1. The molecule has 1 aromatic rings. The summed E-state index contributed by atoms with van der Waals surface area (Å²) in [5.74, 6) is 0.712. The van der Waals surface area contributed by atoms with Gasteiger partial charge in [-0.2, -0.15) is 4.98 Å². The molecule has 0 fully saturated rings. The van der Waals surface area contributed by atoms with Crippen LogP contribution in [0.3, 0.4) is 0 Å². The van der Waals surface area contributed by atoms with Crippen LogP contribution in [0.4, 0.5) is 11.8 Å². The Balaban J connectivity index is 2.22. The first-order valence-corrected chi connectivity index (χ1v) is 4.97. The van der Waals surface area contributed by atoms with E-state index in [1.165, 1.54) is 6.20 Å². The van der Waals surface area contributed by atoms with Crippen LogP contribution in [0.15, 0.2) is 6.20 Å². The lowest BCUT2D eigenvalue weighted by Gasteiger charge is -2.18. The Bertz CT molecular complexity index is 409. The highest BCUT2D eigenvalue weighted by Crippen LogP contribution is 2.16. The maximum absolute atomic E-state index is 11.4. The van der Waals surface area contributed by atoms with Crippen molar-refractivity contribution in [1.29, 1.82) is 0 Å². The summed E-state index contributed by atoms with van der Waals surface area (Å²) < 4.78 is 0. The molecule has 2 heterocycles. The van der Waals surface area contributed by atoms with Crippen LogP contribution in [0.5, 0.6) is 0 Å². The largest absolute Gasteiger partial charge is 0.394 e. The van der Waals surface area contributed by atoms with Gasteiger partial charge in [-0.3, -0.25) is 4.79 Å². The number of nitrogens with one attached hydrogen (secondary N) is 3. The first-order chi connectivity index (χ1) is 7.70. The average molecular weight is 223 g/mol. The third kappa shape index (κ3) is 2.03. The SMILES string of the molecule is C[C@H](CO)Nc1ncc2c(n1)NCNC2=O. The Morgan fingerprint density at radius 3 is 3.19 bits per heavy atom. The molecule has 0 radical (unpaired) electrons. The molecule has 2 rings (SSSR count). The van der Waals surface area contributed by atoms with Gasteiger partial charge in [0.2, 0.25) is 5.95 Å². The normalized spacial score (nSPS) is 15.8. The number of carbonyl (C=O) groups excluding carboxylic acids is 1. The molecule has 4 N–H and O–H groups in total. The van der Waals surface area contributed by atoms with Gasteiger partial charge < -0.3 is 21.1 Å². The minimum absolute atomic E-state index is 0.00560. The third-order valence-corrected chi connectivity index (χ3v) is 2.19. The van der Waals surface area contributed by atoms with Crippen molar-refractivity contribution >= 4 is 17.7 Å². The van der Waals surface area contributed by atoms with E-state index in [1.807, 2.05) is 6.92 Å². The second-order valence-electron chi connectivity index (χ2n) is 3.54. The van der Waals surface area contributed by atoms with Gasteiger partial charge in [0.1, 0.15) is 11.4 Å². The zero-order valence-electron chi connectivity index (χ0n) is 8.82. The van der Waals surface area contributed by atoms with Gasteiger partial charge in [-0.1, -0.05) is 0 Å². The first-order valence-electron chi connectivity index (χ1n) is 4.97. The summed E-state index contributed by atoms with van der Waals surface area (Å²) in [7, 11) is 0. The molecule has 0 saturated carbocycles. The summed E-state index contributed by atoms with van der Waals surface area (Å²) in [5.41, 5.74) is 0.424. The van der Waals surface area contributed by atoms with E-state index in [1.54, 1.807) is 0 Å². The van der Waals surface area contributed by atoms with Gasteiger partial charge in [0.15, 0.2) is 0 Å². The number of amides is 1. The molecule has 7 nitrogen and oxygen atoms in total. The lowest BCUT2D eigenvalue weighted by atomic mass is 10.2. The number of hydrogen-bond donors (Lipinski definition) is 4. The van der Waals surface area contributed by atoms with Gasteiger partial charge in [-0.15, -0.1) is 0 Å². The van der Waals surface area contributed by atoms with E-state index in [4.69, 9.17) is 5.11 Å². The van der Waals surface area contributed by atoms with Crippen LogP contribution in [0.25, 0.3) is 0 Å².